The van der Waals surface area contributed by atoms with Crippen LogP contribution >= 0.6 is 69.6 Å². The SMILES string of the molecule is ClC1=C(Cl)C(Cl)(Cl)OC1(Cl)Cl. The predicted octanol–water partition coefficient (Wildman–Crippen LogP) is 3.97. The number of hydrogen-bond donors (Lipinski definition) is 0. The van der Waals surface area contributed by atoms with Crippen molar-refractivity contribution in [3.05, 3.63) is 10.1 Å². The zero-order valence-corrected chi connectivity index (χ0v) is 9.21. The van der Waals surface area contributed by atoms with Crippen LogP contribution in [0.5, 0.6) is 0 Å². The fraction of sp³-hybridized carbons (Fsp3) is 0.500. The number of hydrogen-bond acceptors (Lipinski definition) is 1. The first-order chi connectivity index (χ1) is 4.77. The number of ether oxygens (including phenoxy) is 1. The van der Waals surface area contributed by atoms with Crippen molar-refractivity contribution in [1.29, 1.82) is 0 Å². The molecule has 0 aromatic rings. The van der Waals surface area contributed by atoms with Crippen molar-refractivity contribution < 1.29 is 4.74 Å². The van der Waals surface area contributed by atoms with Crippen LogP contribution in [0.3, 0.4) is 0 Å². The lowest BCUT2D eigenvalue weighted by Gasteiger charge is -2.16. The maximum Gasteiger partial charge on any atom is 0.259 e. The summed E-state index contributed by atoms with van der Waals surface area (Å²) in [6.45, 7) is 0. The molecule has 1 heterocycles. The summed E-state index contributed by atoms with van der Waals surface area (Å²) in [5.74, 6) is 0. The van der Waals surface area contributed by atoms with Gasteiger partial charge in [-0.15, -0.1) is 0 Å². The molecule has 11 heavy (non-hydrogen) atoms. The summed E-state index contributed by atoms with van der Waals surface area (Å²) >= 11 is 33.0. The molecule has 64 valence electrons. The Labute approximate surface area is 93.1 Å². The minimum absolute atomic E-state index is 0.118. The third-order valence-corrected chi connectivity index (χ3v) is 3.42. The molecular weight excluding hydrogens is 277 g/mol. The maximum atomic E-state index is 5.53. The van der Waals surface area contributed by atoms with Crippen molar-refractivity contribution in [2.24, 2.45) is 0 Å². The number of alkyl halides is 4. The summed E-state index contributed by atoms with van der Waals surface area (Å²) in [6.07, 6.45) is 0. The van der Waals surface area contributed by atoms with Gasteiger partial charge in [0.2, 0.25) is 0 Å². The summed E-state index contributed by atoms with van der Waals surface area (Å²) in [7, 11) is 0. The van der Waals surface area contributed by atoms with Gasteiger partial charge in [0.15, 0.2) is 0 Å². The second-order valence-corrected chi connectivity index (χ2v) is 5.04. The molecule has 0 radical (unpaired) electrons. The largest absolute Gasteiger partial charge is 0.300 e. The highest BCUT2D eigenvalue weighted by molar-refractivity contribution is 6.63. The van der Waals surface area contributed by atoms with E-state index in [1.807, 2.05) is 0 Å². The van der Waals surface area contributed by atoms with Crippen LogP contribution in [0.2, 0.25) is 0 Å². The van der Waals surface area contributed by atoms with Crippen molar-refractivity contribution in [3.63, 3.8) is 0 Å². The van der Waals surface area contributed by atoms with Gasteiger partial charge in [0, 0.05) is 0 Å². The van der Waals surface area contributed by atoms with E-state index >= 15 is 0 Å². The molecule has 0 atom stereocenters. The van der Waals surface area contributed by atoms with Gasteiger partial charge in [0.25, 0.3) is 9.04 Å². The average Bonchev–Trinajstić information content (AvgIpc) is 1.91. The third kappa shape index (κ3) is 1.86. The smallest absolute Gasteiger partial charge is 0.259 e. The predicted molar refractivity (Wildman–Crippen MR) is 48.7 cm³/mol. The lowest BCUT2D eigenvalue weighted by Crippen LogP contribution is -2.20. The zero-order valence-electron chi connectivity index (χ0n) is 4.68. The van der Waals surface area contributed by atoms with E-state index in [9.17, 15) is 0 Å². The van der Waals surface area contributed by atoms with Gasteiger partial charge in [-0.05, 0) is 0 Å². The first-order valence-corrected chi connectivity index (χ1v) is 4.56. The van der Waals surface area contributed by atoms with Crippen LogP contribution in [0.1, 0.15) is 0 Å². The van der Waals surface area contributed by atoms with Crippen LogP contribution in [-0.2, 0) is 4.74 Å². The molecule has 7 heteroatoms. The summed E-state index contributed by atoms with van der Waals surface area (Å²) in [6, 6.07) is 0. The highest BCUT2D eigenvalue weighted by Crippen LogP contribution is 2.54. The Hall–Kier alpha value is 1.44. The van der Waals surface area contributed by atoms with E-state index in [0.29, 0.717) is 0 Å². The lowest BCUT2D eigenvalue weighted by molar-refractivity contribution is 0.101. The van der Waals surface area contributed by atoms with Gasteiger partial charge < -0.3 is 4.74 Å². The molecule has 0 bridgehead atoms. The van der Waals surface area contributed by atoms with Crippen molar-refractivity contribution in [2.45, 2.75) is 9.04 Å². The standard InChI is InChI=1S/C4Cl6O/c5-1-2(6)4(9,10)11-3(1,7)8. The van der Waals surface area contributed by atoms with E-state index in [1.54, 1.807) is 0 Å². The Morgan fingerprint density at radius 2 is 1.09 bits per heavy atom. The second-order valence-electron chi connectivity index (χ2n) is 1.76. The van der Waals surface area contributed by atoms with Crippen LogP contribution in [-0.4, -0.2) is 9.04 Å². The van der Waals surface area contributed by atoms with Crippen LogP contribution in [0.4, 0.5) is 0 Å². The molecule has 0 spiro atoms. The van der Waals surface area contributed by atoms with Crippen molar-refractivity contribution in [1.82, 2.24) is 0 Å². The first kappa shape index (κ1) is 10.5. The summed E-state index contributed by atoms with van der Waals surface area (Å²) in [5, 5.41) is -0.236. The molecule has 0 aromatic heterocycles. The van der Waals surface area contributed by atoms with Crippen molar-refractivity contribution in [2.75, 3.05) is 0 Å². The van der Waals surface area contributed by atoms with E-state index in [-0.39, 0.29) is 10.1 Å². The normalized spacial score (nSPS) is 27.8. The van der Waals surface area contributed by atoms with Gasteiger partial charge >= 0.3 is 0 Å². The van der Waals surface area contributed by atoms with Gasteiger partial charge in [-0.3, -0.25) is 0 Å². The van der Waals surface area contributed by atoms with E-state index in [1.165, 1.54) is 0 Å². The van der Waals surface area contributed by atoms with Crippen molar-refractivity contribution in [3.8, 4) is 0 Å². The molecule has 0 N–H and O–H groups in total. The number of halogens is 6. The average molecular weight is 277 g/mol. The molecule has 0 aromatic carbocycles. The third-order valence-electron chi connectivity index (χ3n) is 0.960. The fourth-order valence-electron chi connectivity index (χ4n) is 0.506. The Balaban J connectivity index is 3.09. The van der Waals surface area contributed by atoms with E-state index < -0.39 is 9.04 Å². The fourth-order valence-corrected chi connectivity index (χ4v) is 2.04. The Kier molecular flexibility index (Phi) is 2.85. The Bertz CT molecular complexity index is 197. The van der Waals surface area contributed by atoms with Gasteiger partial charge in [0.1, 0.15) is 10.1 Å². The molecule has 1 rings (SSSR count). The minimum Gasteiger partial charge on any atom is -0.300 e. The van der Waals surface area contributed by atoms with Crippen molar-refractivity contribution >= 4 is 69.6 Å². The van der Waals surface area contributed by atoms with Gasteiger partial charge in [-0.25, -0.2) is 0 Å². The molecule has 0 unspecified atom stereocenters. The van der Waals surface area contributed by atoms with Crippen LogP contribution in [0, 0.1) is 0 Å². The zero-order chi connectivity index (χ0) is 8.86. The molecule has 1 aliphatic heterocycles. The monoisotopic (exact) mass is 274 g/mol. The molecule has 0 fully saturated rings. The highest BCUT2D eigenvalue weighted by atomic mass is 35.5. The molecule has 0 saturated heterocycles. The summed E-state index contributed by atoms with van der Waals surface area (Å²) < 4.78 is 1.19. The van der Waals surface area contributed by atoms with Crippen LogP contribution in [0.25, 0.3) is 0 Å². The topological polar surface area (TPSA) is 9.23 Å². The molecule has 1 nitrogen and oxygen atoms in total. The van der Waals surface area contributed by atoms with Gasteiger partial charge in [-0.1, -0.05) is 69.6 Å². The molecule has 0 amide bonds. The molecular formula is C4Cl6O. The molecule has 1 aliphatic rings. The quantitative estimate of drug-likeness (QED) is 0.609. The molecule has 0 aliphatic carbocycles. The van der Waals surface area contributed by atoms with E-state index in [4.69, 9.17) is 69.6 Å². The Morgan fingerprint density at radius 1 is 0.818 bits per heavy atom. The minimum atomic E-state index is -1.75. The van der Waals surface area contributed by atoms with Crippen LogP contribution in [0.15, 0.2) is 10.1 Å². The lowest BCUT2D eigenvalue weighted by atomic mass is 10.5. The second kappa shape index (κ2) is 2.98. The van der Waals surface area contributed by atoms with Gasteiger partial charge in [-0.2, -0.15) is 0 Å². The highest BCUT2D eigenvalue weighted by Gasteiger charge is 2.51. The first-order valence-electron chi connectivity index (χ1n) is 2.29. The van der Waals surface area contributed by atoms with Gasteiger partial charge in [0.05, 0.1) is 0 Å². The Morgan fingerprint density at radius 3 is 1.18 bits per heavy atom. The van der Waals surface area contributed by atoms with E-state index in [0.717, 1.165) is 0 Å². The number of rotatable bonds is 0. The molecule has 0 saturated carbocycles. The maximum absolute atomic E-state index is 5.53. The summed E-state index contributed by atoms with van der Waals surface area (Å²) in [5.41, 5.74) is 0. The van der Waals surface area contributed by atoms with E-state index in [2.05, 4.69) is 4.74 Å². The summed E-state index contributed by atoms with van der Waals surface area (Å²) in [4.78, 5) is 0. The van der Waals surface area contributed by atoms with Crippen LogP contribution < -0.4 is 0 Å².